The van der Waals surface area contributed by atoms with Crippen molar-refractivity contribution in [3.05, 3.63) is 82.3 Å². The lowest BCUT2D eigenvalue weighted by Gasteiger charge is -2.45. The van der Waals surface area contributed by atoms with Crippen LogP contribution in [0.2, 0.25) is 0 Å². The second-order valence-corrected chi connectivity index (χ2v) is 17.0. The predicted molar refractivity (Wildman–Crippen MR) is 223 cm³/mol. The SMILES string of the molecule is C.CN1CCN([C@@H]2CCCN(c3cnc(C(N)=O)c(Cc4ccc(N5CCC6CCN(Cc7ccc8c(c7)C(=O)N(C7CCC(=O)NC7=O)C8=O)CC6C5)cc4)n3)C2)C1=O. The van der Waals surface area contributed by atoms with E-state index in [2.05, 4.69) is 49.3 Å². The summed E-state index contributed by atoms with van der Waals surface area (Å²) in [4.78, 5) is 97.1. The number of hydrogen-bond acceptors (Lipinski definition) is 11. The van der Waals surface area contributed by atoms with Gasteiger partial charge in [-0.2, -0.15) is 0 Å². The van der Waals surface area contributed by atoms with E-state index in [1.54, 1.807) is 23.2 Å². The highest BCUT2D eigenvalue weighted by molar-refractivity contribution is 6.23. The quantitative estimate of drug-likeness (QED) is 0.303. The Kier molecular flexibility index (Phi) is 11.3. The van der Waals surface area contributed by atoms with Gasteiger partial charge < -0.3 is 25.3 Å². The summed E-state index contributed by atoms with van der Waals surface area (Å²) in [6, 6.07) is 13.0. The van der Waals surface area contributed by atoms with Crippen molar-refractivity contribution in [2.45, 2.75) is 71.0 Å². The molecule has 1 aromatic heterocycles. The van der Waals surface area contributed by atoms with Crippen molar-refractivity contribution in [3.8, 4) is 0 Å². The molecule has 3 N–H and O–H groups in total. The highest BCUT2D eigenvalue weighted by atomic mass is 16.2. The van der Waals surface area contributed by atoms with Crippen molar-refractivity contribution in [1.29, 1.82) is 0 Å². The van der Waals surface area contributed by atoms with Crippen LogP contribution in [-0.4, -0.2) is 137 Å². The van der Waals surface area contributed by atoms with Crippen molar-refractivity contribution in [2.75, 3.05) is 69.2 Å². The Labute approximate surface area is 350 Å². The maximum atomic E-state index is 13.4. The molecule has 0 bridgehead atoms. The molecular weight excluding hydrogens is 765 g/mol. The second-order valence-electron chi connectivity index (χ2n) is 17.0. The Morgan fingerprint density at radius 2 is 1.58 bits per heavy atom. The fourth-order valence-electron chi connectivity index (χ4n) is 10.0. The average molecular weight is 819 g/mol. The number of nitrogens with two attached hydrogens (primary N) is 1. The minimum atomic E-state index is -0.981. The normalized spacial score (nSPS) is 24.7. The third-order valence-corrected chi connectivity index (χ3v) is 13.3. The number of primary amides is 1. The summed E-state index contributed by atoms with van der Waals surface area (Å²) in [7, 11) is 1.84. The number of nitrogens with zero attached hydrogens (tertiary/aromatic N) is 8. The number of carbonyl (C=O) groups is 6. The lowest BCUT2D eigenvalue weighted by atomic mass is 9.80. The van der Waals surface area contributed by atoms with Crippen LogP contribution in [-0.2, 0) is 22.6 Å². The van der Waals surface area contributed by atoms with E-state index in [0.29, 0.717) is 54.0 Å². The molecule has 7 heterocycles. The molecule has 5 saturated heterocycles. The molecule has 6 aliphatic rings. The Morgan fingerprint density at radius 3 is 2.33 bits per heavy atom. The van der Waals surface area contributed by atoms with E-state index in [-0.39, 0.29) is 38.0 Å². The Bertz CT molecular complexity index is 2210. The zero-order chi connectivity index (χ0) is 40.9. The van der Waals surface area contributed by atoms with Crippen molar-refractivity contribution in [3.63, 3.8) is 0 Å². The molecular formula is C44H54N10O6. The van der Waals surface area contributed by atoms with Gasteiger partial charge in [0.25, 0.3) is 17.7 Å². The molecule has 5 fully saturated rings. The highest BCUT2D eigenvalue weighted by Gasteiger charge is 2.45. The van der Waals surface area contributed by atoms with Crippen molar-refractivity contribution in [1.82, 2.24) is 34.9 Å². The van der Waals surface area contributed by atoms with Crippen LogP contribution >= 0.6 is 0 Å². The highest BCUT2D eigenvalue weighted by Crippen LogP contribution is 2.35. The lowest BCUT2D eigenvalue weighted by Crippen LogP contribution is -2.54. The molecule has 2 aromatic carbocycles. The number of likely N-dealkylation sites (N-methyl/N-ethyl adjacent to an activating group) is 1. The Morgan fingerprint density at radius 1 is 0.817 bits per heavy atom. The third-order valence-electron chi connectivity index (χ3n) is 13.3. The fraction of sp³-hybridized carbons (Fsp3) is 0.500. The Hall–Kier alpha value is -5.90. The van der Waals surface area contributed by atoms with Crippen molar-refractivity contribution >= 4 is 47.1 Å². The summed E-state index contributed by atoms with van der Waals surface area (Å²) >= 11 is 0. The number of anilines is 2. The number of piperidine rings is 4. The zero-order valence-corrected chi connectivity index (χ0v) is 33.3. The van der Waals surface area contributed by atoms with Gasteiger partial charge >= 0.3 is 6.03 Å². The molecule has 16 heteroatoms. The summed E-state index contributed by atoms with van der Waals surface area (Å²) in [6.45, 7) is 7.33. The number of amides is 7. The first kappa shape index (κ1) is 40.9. The van der Waals surface area contributed by atoms with Crippen LogP contribution in [0.1, 0.15) is 94.0 Å². The molecule has 3 aromatic rings. The van der Waals surface area contributed by atoms with E-state index in [9.17, 15) is 28.8 Å². The molecule has 316 valence electrons. The average Bonchev–Trinajstić information content (AvgIpc) is 3.70. The van der Waals surface area contributed by atoms with E-state index in [1.807, 2.05) is 18.0 Å². The lowest BCUT2D eigenvalue weighted by molar-refractivity contribution is -0.136. The summed E-state index contributed by atoms with van der Waals surface area (Å²) in [5.41, 5.74) is 10.2. The van der Waals surface area contributed by atoms with Crippen molar-refractivity contribution in [2.24, 2.45) is 17.6 Å². The van der Waals surface area contributed by atoms with Crippen molar-refractivity contribution < 1.29 is 28.8 Å². The number of imide groups is 2. The largest absolute Gasteiger partial charge is 0.371 e. The number of urea groups is 1. The first-order valence-corrected chi connectivity index (χ1v) is 20.8. The minimum Gasteiger partial charge on any atom is -0.371 e. The van der Waals surface area contributed by atoms with Gasteiger partial charge in [0, 0.05) is 77.9 Å². The van der Waals surface area contributed by atoms with Crippen LogP contribution < -0.4 is 20.9 Å². The number of fused-ring (bicyclic) bond motifs is 2. The van der Waals surface area contributed by atoms with Gasteiger partial charge in [-0.3, -0.25) is 39.1 Å². The molecule has 16 nitrogen and oxygen atoms in total. The van der Waals surface area contributed by atoms with E-state index in [0.717, 1.165) is 93.2 Å². The minimum absolute atomic E-state index is 0. The smallest absolute Gasteiger partial charge is 0.320 e. The first-order valence-electron chi connectivity index (χ1n) is 20.8. The maximum absolute atomic E-state index is 13.4. The molecule has 0 saturated carbocycles. The van der Waals surface area contributed by atoms with Gasteiger partial charge in [-0.25, -0.2) is 14.8 Å². The fourth-order valence-corrected chi connectivity index (χ4v) is 10.0. The number of hydrogen-bond donors (Lipinski definition) is 2. The summed E-state index contributed by atoms with van der Waals surface area (Å²) in [5, 5.41) is 2.25. The monoisotopic (exact) mass is 818 g/mol. The predicted octanol–water partition coefficient (Wildman–Crippen LogP) is 2.89. The molecule has 7 amide bonds. The van der Waals surface area contributed by atoms with Crippen LogP contribution in [0.15, 0.2) is 48.7 Å². The number of benzene rings is 2. The molecule has 9 rings (SSSR count). The van der Waals surface area contributed by atoms with Gasteiger partial charge in [-0.15, -0.1) is 0 Å². The van der Waals surface area contributed by atoms with Crippen LogP contribution in [0.25, 0.3) is 0 Å². The first-order chi connectivity index (χ1) is 28.5. The molecule has 0 aliphatic carbocycles. The van der Waals surface area contributed by atoms with E-state index >= 15 is 0 Å². The van der Waals surface area contributed by atoms with Gasteiger partial charge in [-0.05, 0) is 85.9 Å². The van der Waals surface area contributed by atoms with Crippen LogP contribution in [0.5, 0.6) is 0 Å². The summed E-state index contributed by atoms with van der Waals surface area (Å²) < 4.78 is 0. The molecule has 60 heavy (non-hydrogen) atoms. The number of likely N-dealkylation sites (tertiary alicyclic amines) is 1. The Balaban J connectivity index is 0.00000499. The molecule has 4 atom stereocenters. The van der Waals surface area contributed by atoms with Gasteiger partial charge in [0.15, 0.2) is 0 Å². The van der Waals surface area contributed by atoms with E-state index < -0.39 is 35.6 Å². The van der Waals surface area contributed by atoms with Gasteiger partial charge in [-0.1, -0.05) is 25.6 Å². The number of nitrogens with one attached hydrogen (secondary N) is 1. The van der Waals surface area contributed by atoms with Gasteiger partial charge in [0.2, 0.25) is 11.8 Å². The zero-order valence-electron chi connectivity index (χ0n) is 33.3. The standard InChI is InChI=1S/C43H50N10O6.CH4/c1-48-17-18-52(43(48)59)31-3-2-14-51(25-31)36-21-45-38(39(44)55)34(46-36)20-26-4-7-30(8-5-26)50-16-13-28-12-15-49(23-29(28)24-50)22-27-6-9-32-33(19-27)42(58)53(41(32)57)35-10-11-37(54)47-40(35)56;/h4-9,19,21,28-29,31,35H,2-3,10-18,20,22-25H2,1H3,(H2,44,55)(H,47,54,56);1H4/t28?,29?,31-,35?;/m1./s1. The topological polar surface area (TPSA) is 186 Å². The van der Waals surface area contributed by atoms with E-state index in [4.69, 9.17) is 10.7 Å². The third kappa shape index (κ3) is 7.80. The number of rotatable bonds is 9. The van der Waals surface area contributed by atoms with Gasteiger partial charge in [0.05, 0.1) is 29.1 Å². The van der Waals surface area contributed by atoms with Gasteiger partial charge in [0.1, 0.15) is 17.6 Å². The van der Waals surface area contributed by atoms with Crippen LogP contribution in [0.3, 0.4) is 0 Å². The number of aromatic nitrogens is 2. The number of carbonyl (C=O) groups excluding carboxylic acids is 6. The van der Waals surface area contributed by atoms with E-state index in [1.165, 1.54) is 0 Å². The van der Waals surface area contributed by atoms with Crippen LogP contribution in [0, 0.1) is 11.8 Å². The molecule has 6 aliphatic heterocycles. The second kappa shape index (κ2) is 16.6. The molecule has 0 radical (unpaired) electrons. The molecule has 0 spiro atoms. The summed E-state index contributed by atoms with van der Waals surface area (Å²) in [5.74, 6) is -0.812. The molecule has 3 unspecified atom stereocenters. The summed E-state index contributed by atoms with van der Waals surface area (Å²) in [6.07, 6.45) is 6.32. The maximum Gasteiger partial charge on any atom is 0.320 e. The van der Waals surface area contributed by atoms with Crippen LogP contribution in [0.4, 0.5) is 16.3 Å².